The second-order valence-corrected chi connectivity index (χ2v) is 12.3. The molecule has 0 amide bonds. The van der Waals surface area contributed by atoms with Crippen LogP contribution in [-0.2, 0) is 24.3 Å². The third kappa shape index (κ3) is 5.74. The first-order valence-electron chi connectivity index (χ1n) is 13.0. The van der Waals surface area contributed by atoms with Crippen LogP contribution < -0.4 is 4.74 Å². The Labute approximate surface area is 224 Å². The van der Waals surface area contributed by atoms with Gasteiger partial charge in [-0.2, -0.15) is 0 Å². The number of nitrogens with zero attached hydrogens (tertiary/aromatic N) is 1. The fourth-order valence-electron chi connectivity index (χ4n) is 5.39. The molecule has 2 aliphatic rings. The molecule has 0 saturated carbocycles. The molecule has 2 saturated heterocycles. The van der Waals surface area contributed by atoms with Crippen molar-refractivity contribution in [2.75, 3.05) is 46.6 Å². The lowest BCUT2D eigenvalue weighted by Gasteiger charge is -2.40. The van der Waals surface area contributed by atoms with Gasteiger partial charge in [0.05, 0.1) is 13.7 Å². The number of methoxy groups -OCH3 is 1. The van der Waals surface area contributed by atoms with Gasteiger partial charge in [-0.3, -0.25) is 4.79 Å². The number of rotatable bonds is 9. The molecule has 2 N–H and O–H groups in total. The molecule has 2 aromatic rings. The van der Waals surface area contributed by atoms with Crippen LogP contribution in [0.1, 0.15) is 42.7 Å². The van der Waals surface area contributed by atoms with Crippen molar-refractivity contribution < 1.29 is 37.6 Å². The Bertz CT molecular complexity index is 1220. The predicted molar refractivity (Wildman–Crippen MR) is 142 cm³/mol. The summed E-state index contributed by atoms with van der Waals surface area (Å²) >= 11 is 0. The van der Waals surface area contributed by atoms with Gasteiger partial charge >= 0.3 is 5.97 Å². The molecule has 2 heterocycles. The van der Waals surface area contributed by atoms with Gasteiger partial charge in [-0.1, -0.05) is 30.3 Å². The van der Waals surface area contributed by atoms with Crippen molar-refractivity contribution in [1.82, 2.24) is 4.31 Å². The molecule has 1 unspecified atom stereocenters. The SMILES string of the molecule is COC(=O)C1(S(=O)(=O)N2CCC(c3ccc(-c4cccc(OCC(O)CO)c4)c(C)c3)CC2)CCOCC1. The molecule has 38 heavy (non-hydrogen) atoms. The van der Waals surface area contributed by atoms with Gasteiger partial charge in [-0.15, -0.1) is 0 Å². The van der Waals surface area contributed by atoms with E-state index in [9.17, 15) is 18.3 Å². The summed E-state index contributed by atoms with van der Waals surface area (Å²) in [4.78, 5) is 12.6. The van der Waals surface area contributed by atoms with Crippen molar-refractivity contribution in [3.63, 3.8) is 0 Å². The molecule has 0 spiro atoms. The number of aryl methyl sites for hydroxylation is 1. The summed E-state index contributed by atoms with van der Waals surface area (Å²) in [6.07, 6.45) is 0.627. The fraction of sp³-hybridized carbons (Fsp3) is 0.536. The van der Waals surface area contributed by atoms with Crippen molar-refractivity contribution in [1.29, 1.82) is 0 Å². The van der Waals surface area contributed by atoms with Crippen LogP contribution in [0.2, 0.25) is 0 Å². The van der Waals surface area contributed by atoms with E-state index in [4.69, 9.17) is 19.3 Å². The number of aliphatic hydroxyl groups is 2. The van der Waals surface area contributed by atoms with E-state index in [-0.39, 0.29) is 45.2 Å². The minimum Gasteiger partial charge on any atom is -0.491 e. The maximum Gasteiger partial charge on any atom is 0.328 e. The van der Waals surface area contributed by atoms with Crippen molar-refractivity contribution >= 4 is 16.0 Å². The van der Waals surface area contributed by atoms with Crippen molar-refractivity contribution in [2.45, 2.75) is 49.4 Å². The highest BCUT2D eigenvalue weighted by Crippen LogP contribution is 2.38. The first-order chi connectivity index (χ1) is 18.2. The van der Waals surface area contributed by atoms with Crippen molar-refractivity contribution in [3.05, 3.63) is 53.6 Å². The minimum absolute atomic E-state index is 0.0147. The average Bonchev–Trinajstić information content (AvgIpc) is 2.95. The van der Waals surface area contributed by atoms with Crippen LogP contribution in [0.3, 0.4) is 0 Å². The lowest BCUT2D eigenvalue weighted by atomic mass is 9.87. The summed E-state index contributed by atoms with van der Waals surface area (Å²) in [5, 5.41) is 18.5. The van der Waals surface area contributed by atoms with E-state index < -0.39 is 26.8 Å². The van der Waals surface area contributed by atoms with Crippen LogP contribution in [0, 0.1) is 6.92 Å². The van der Waals surface area contributed by atoms with Crippen molar-refractivity contribution in [3.8, 4) is 16.9 Å². The van der Waals surface area contributed by atoms with Gasteiger partial charge in [0.15, 0.2) is 4.75 Å². The number of ether oxygens (including phenoxy) is 3. The standard InChI is InChI=1S/C28H37NO8S/c1-20-16-22(6-7-26(20)23-4-3-5-25(17-23)37-19-24(31)18-30)21-8-12-29(13-9-21)38(33,34)28(27(32)35-2)10-14-36-15-11-28/h3-7,16-17,21,24,30-31H,8-15,18-19H2,1-2H3. The van der Waals surface area contributed by atoms with Crippen LogP contribution in [0.4, 0.5) is 0 Å². The zero-order chi connectivity index (χ0) is 27.3. The Morgan fingerprint density at radius 2 is 1.87 bits per heavy atom. The summed E-state index contributed by atoms with van der Waals surface area (Å²) in [6, 6.07) is 13.9. The molecule has 1 atom stereocenters. The normalized spacial score (nSPS) is 19.6. The van der Waals surface area contributed by atoms with Crippen LogP contribution in [-0.4, -0.2) is 86.4 Å². The molecular weight excluding hydrogens is 510 g/mol. The number of piperidine rings is 1. The molecule has 4 rings (SSSR count). The Morgan fingerprint density at radius 3 is 2.50 bits per heavy atom. The summed E-state index contributed by atoms with van der Waals surface area (Å²) in [7, 11) is -2.66. The first kappa shape index (κ1) is 28.5. The lowest BCUT2D eigenvalue weighted by molar-refractivity contribution is -0.146. The topological polar surface area (TPSA) is 123 Å². The average molecular weight is 548 g/mol. The quantitative estimate of drug-likeness (QED) is 0.460. The summed E-state index contributed by atoms with van der Waals surface area (Å²) in [5.74, 6) is 0.127. The smallest absolute Gasteiger partial charge is 0.328 e. The number of carbonyl (C=O) groups excluding carboxylic acids is 1. The number of sulfonamides is 1. The Hall–Kier alpha value is -2.50. The number of aliphatic hydroxyl groups excluding tert-OH is 2. The zero-order valence-electron chi connectivity index (χ0n) is 22.0. The third-order valence-corrected chi connectivity index (χ3v) is 10.3. The summed E-state index contributed by atoms with van der Waals surface area (Å²) in [6.45, 7) is 2.85. The molecule has 0 aromatic heterocycles. The van der Waals surface area contributed by atoms with Gasteiger partial charge in [0.1, 0.15) is 18.5 Å². The third-order valence-electron chi connectivity index (χ3n) is 7.67. The summed E-state index contributed by atoms with van der Waals surface area (Å²) < 4.78 is 43.0. The Kier molecular flexibility index (Phi) is 9.10. The highest BCUT2D eigenvalue weighted by molar-refractivity contribution is 7.91. The maximum atomic E-state index is 13.6. The van der Waals surface area contributed by atoms with Gasteiger partial charge in [-0.25, -0.2) is 12.7 Å². The van der Waals surface area contributed by atoms with E-state index in [0.29, 0.717) is 31.7 Å². The van der Waals surface area contributed by atoms with Crippen LogP contribution in [0.25, 0.3) is 11.1 Å². The molecule has 0 bridgehead atoms. The molecule has 2 fully saturated rings. The van der Waals surface area contributed by atoms with Crippen LogP contribution in [0.5, 0.6) is 5.75 Å². The molecule has 2 aromatic carbocycles. The van der Waals surface area contributed by atoms with E-state index in [1.54, 1.807) is 0 Å². The molecule has 208 valence electrons. The molecule has 9 nitrogen and oxygen atoms in total. The largest absolute Gasteiger partial charge is 0.491 e. The highest BCUT2D eigenvalue weighted by Gasteiger charge is 2.55. The molecular formula is C28H37NO8S. The van der Waals surface area contributed by atoms with Gasteiger partial charge in [0, 0.05) is 39.1 Å². The molecule has 0 radical (unpaired) electrons. The number of carbonyl (C=O) groups is 1. The summed E-state index contributed by atoms with van der Waals surface area (Å²) in [5.41, 5.74) is 4.30. The van der Waals surface area contributed by atoms with Crippen LogP contribution >= 0.6 is 0 Å². The second-order valence-electron chi connectivity index (χ2n) is 10.0. The molecule has 0 aliphatic carbocycles. The van der Waals surface area contributed by atoms with E-state index in [2.05, 4.69) is 18.2 Å². The maximum absolute atomic E-state index is 13.6. The fourth-order valence-corrected chi connectivity index (χ4v) is 7.56. The number of esters is 1. The predicted octanol–water partition coefficient (Wildman–Crippen LogP) is 2.63. The van der Waals surface area contributed by atoms with Crippen molar-refractivity contribution in [2.24, 2.45) is 0 Å². The minimum atomic E-state index is -3.89. The number of hydrogen-bond acceptors (Lipinski definition) is 8. The van der Waals surface area contributed by atoms with E-state index >= 15 is 0 Å². The van der Waals surface area contributed by atoms with E-state index in [0.717, 1.165) is 22.3 Å². The number of hydrogen-bond donors (Lipinski definition) is 2. The molecule has 2 aliphatic heterocycles. The van der Waals surface area contributed by atoms with Crippen LogP contribution in [0.15, 0.2) is 42.5 Å². The monoisotopic (exact) mass is 547 g/mol. The lowest BCUT2D eigenvalue weighted by Crippen LogP contribution is -2.57. The number of benzene rings is 2. The zero-order valence-corrected chi connectivity index (χ0v) is 22.8. The van der Waals surface area contributed by atoms with Gasteiger partial charge in [-0.05, 0) is 60.1 Å². The molecule has 10 heteroatoms. The van der Waals surface area contributed by atoms with Gasteiger partial charge < -0.3 is 24.4 Å². The van der Waals surface area contributed by atoms with E-state index in [1.165, 1.54) is 11.4 Å². The van der Waals surface area contributed by atoms with E-state index in [1.807, 2.05) is 31.2 Å². The Morgan fingerprint density at radius 1 is 1.16 bits per heavy atom. The highest BCUT2D eigenvalue weighted by atomic mass is 32.2. The first-order valence-corrected chi connectivity index (χ1v) is 14.4. The van der Waals surface area contributed by atoms with Gasteiger partial charge in [0.2, 0.25) is 10.0 Å². The second kappa shape index (κ2) is 12.1. The van der Waals surface area contributed by atoms with Gasteiger partial charge in [0.25, 0.3) is 0 Å². The Balaban J connectivity index is 1.45.